The third-order valence-electron chi connectivity index (χ3n) is 6.49. The monoisotopic (exact) mass is 600 g/mol. The van der Waals surface area contributed by atoms with Crippen molar-refractivity contribution in [1.82, 2.24) is 14.5 Å². The van der Waals surface area contributed by atoms with Gasteiger partial charge in [0.1, 0.15) is 41.1 Å². The first-order chi connectivity index (χ1) is 19.0. The second kappa shape index (κ2) is 13.3. The van der Waals surface area contributed by atoms with Crippen LogP contribution in [0.4, 0.5) is 14.6 Å². The molecular weight excluding hydrogens is 566 g/mol. The van der Waals surface area contributed by atoms with Crippen molar-refractivity contribution in [3.05, 3.63) is 106 Å². The predicted octanol–water partition coefficient (Wildman–Crippen LogP) is 8.63. The molecule has 0 spiro atoms. The number of ether oxygens (including phenoxy) is 1. The number of pyridine rings is 1. The molecule has 5 nitrogen and oxygen atoms in total. The third-order valence-corrected chi connectivity index (χ3v) is 9.62. The quantitative estimate of drug-likeness (QED) is 0.100. The molecule has 0 aliphatic carbocycles. The SMILES string of the molecule is Cc1nc(NC(c2ccc(F)c(Cl)c2)c2nc(SCc3ccccc3)c(C)n2COCC[Si](C)(C)C)ccc1F. The summed E-state index contributed by atoms with van der Waals surface area (Å²) in [5.74, 6) is 1.00. The van der Waals surface area contributed by atoms with Crippen LogP contribution in [0.2, 0.25) is 30.7 Å². The Morgan fingerprint density at radius 2 is 1.73 bits per heavy atom. The summed E-state index contributed by atoms with van der Waals surface area (Å²) < 4.78 is 36.4. The normalized spacial score (nSPS) is 12.5. The van der Waals surface area contributed by atoms with Crippen molar-refractivity contribution >= 4 is 37.3 Å². The highest BCUT2D eigenvalue weighted by Gasteiger charge is 2.26. The fourth-order valence-corrected chi connectivity index (χ4v) is 5.99. The van der Waals surface area contributed by atoms with Gasteiger partial charge in [-0.25, -0.2) is 18.7 Å². The van der Waals surface area contributed by atoms with Gasteiger partial charge in [-0.1, -0.05) is 79.4 Å². The fourth-order valence-electron chi connectivity index (χ4n) is 4.07. The van der Waals surface area contributed by atoms with E-state index in [0.29, 0.717) is 30.5 Å². The minimum Gasteiger partial charge on any atom is -0.361 e. The van der Waals surface area contributed by atoms with E-state index in [4.69, 9.17) is 21.3 Å². The minimum absolute atomic E-state index is 0.00689. The van der Waals surface area contributed by atoms with Crippen LogP contribution in [0, 0.1) is 25.5 Å². The smallest absolute Gasteiger partial charge is 0.144 e. The lowest BCUT2D eigenvalue weighted by Crippen LogP contribution is -2.23. The van der Waals surface area contributed by atoms with Crippen LogP contribution in [-0.2, 0) is 17.2 Å². The summed E-state index contributed by atoms with van der Waals surface area (Å²) in [5, 5.41) is 4.27. The number of aryl methyl sites for hydroxylation is 1. The second-order valence-corrected chi connectivity index (χ2v) is 17.9. The zero-order valence-corrected chi connectivity index (χ0v) is 26.0. The number of nitrogens with one attached hydrogen (secondary N) is 1. The van der Waals surface area contributed by atoms with Crippen LogP contribution in [0.15, 0.2) is 65.7 Å². The number of imidazole rings is 1. The van der Waals surface area contributed by atoms with Crippen molar-refractivity contribution in [3.8, 4) is 0 Å². The van der Waals surface area contributed by atoms with Gasteiger partial charge >= 0.3 is 0 Å². The largest absolute Gasteiger partial charge is 0.361 e. The molecule has 2 aromatic heterocycles. The summed E-state index contributed by atoms with van der Waals surface area (Å²) in [6.07, 6.45) is 0. The zero-order valence-electron chi connectivity index (χ0n) is 23.5. The van der Waals surface area contributed by atoms with Crippen LogP contribution < -0.4 is 5.32 Å². The Labute approximate surface area is 245 Å². The van der Waals surface area contributed by atoms with Gasteiger partial charge in [0.2, 0.25) is 0 Å². The number of halogens is 3. The van der Waals surface area contributed by atoms with E-state index < -0.39 is 19.9 Å². The van der Waals surface area contributed by atoms with Crippen LogP contribution in [0.5, 0.6) is 0 Å². The van der Waals surface area contributed by atoms with E-state index in [1.165, 1.54) is 17.7 Å². The highest BCUT2D eigenvalue weighted by atomic mass is 35.5. The van der Waals surface area contributed by atoms with E-state index >= 15 is 0 Å². The van der Waals surface area contributed by atoms with Crippen LogP contribution >= 0.6 is 23.4 Å². The Morgan fingerprint density at radius 3 is 2.40 bits per heavy atom. The first kappa shape index (κ1) is 30.2. The third kappa shape index (κ3) is 7.93. The Hall–Kier alpha value is -2.72. The predicted molar refractivity (Wildman–Crippen MR) is 163 cm³/mol. The van der Waals surface area contributed by atoms with Crippen molar-refractivity contribution < 1.29 is 13.5 Å². The molecule has 2 heterocycles. The highest BCUT2D eigenvalue weighted by Crippen LogP contribution is 2.34. The summed E-state index contributed by atoms with van der Waals surface area (Å²) in [6.45, 7) is 11.6. The van der Waals surface area contributed by atoms with Gasteiger partial charge in [0.25, 0.3) is 0 Å². The van der Waals surface area contributed by atoms with Gasteiger partial charge < -0.3 is 14.6 Å². The van der Waals surface area contributed by atoms with Gasteiger partial charge in [-0.15, -0.1) is 0 Å². The van der Waals surface area contributed by atoms with Crippen molar-refractivity contribution in [1.29, 1.82) is 0 Å². The van der Waals surface area contributed by atoms with Gasteiger partial charge in [-0.2, -0.15) is 0 Å². The van der Waals surface area contributed by atoms with Crippen molar-refractivity contribution in [3.63, 3.8) is 0 Å². The van der Waals surface area contributed by atoms with E-state index in [2.05, 4.69) is 42.1 Å². The maximum absolute atomic E-state index is 14.2. The van der Waals surface area contributed by atoms with Gasteiger partial charge in [-0.05, 0) is 55.3 Å². The first-order valence-electron chi connectivity index (χ1n) is 13.2. The molecular formula is C30H35ClF2N4OSSi. The molecule has 0 aliphatic heterocycles. The molecule has 0 aliphatic rings. The highest BCUT2D eigenvalue weighted by molar-refractivity contribution is 7.98. The molecule has 2 aromatic carbocycles. The first-order valence-corrected chi connectivity index (χ1v) is 18.2. The Bertz CT molecular complexity index is 1450. The molecule has 1 N–H and O–H groups in total. The van der Waals surface area contributed by atoms with Crippen molar-refractivity contribution in [2.75, 3.05) is 11.9 Å². The number of nitrogens with zero attached hydrogens (tertiary/aromatic N) is 3. The Kier molecular flexibility index (Phi) is 10.0. The van der Waals surface area contributed by atoms with E-state index in [9.17, 15) is 8.78 Å². The van der Waals surface area contributed by atoms with Crippen molar-refractivity contribution in [2.45, 2.75) is 63.1 Å². The number of anilines is 1. The summed E-state index contributed by atoms with van der Waals surface area (Å²) in [5.41, 5.74) is 3.13. The molecule has 4 rings (SSSR count). The summed E-state index contributed by atoms with van der Waals surface area (Å²) >= 11 is 7.86. The standard InChI is InChI=1S/C30H35ClF2N4OSSi/c1-20-25(32)13-14-27(34-20)35-28(23-11-12-26(33)24(31)17-23)29-36-30(39-18-22-9-7-6-8-10-22)21(2)37(29)19-38-15-16-40(3,4)5/h6-14,17,28H,15-16,18-19H2,1-5H3,(H,34,35). The number of hydrogen-bond donors (Lipinski definition) is 1. The minimum atomic E-state index is -1.27. The molecule has 0 saturated heterocycles. The van der Waals surface area contributed by atoms with Crippen LogP contribution in [0.3, 0.4) is 0 Å². The van der Waals surface area contributed by atoms with E-state index in [1.54, 1.807) is 36.9 Å². The lowest BCUT2D eigenvalue weighted by molar-refractivity contribution is 0.0834. The number of hydrogen-bond acceptors (Lipinski definition) is 5. The van der Waals surface area contributed by atoms with Gasteiger partial charge in [-0.3, -0.25) is 0 Å². The fraction of sp³-hybridized carbons (Fsp3) is 0.333. The lowest BCUT2D eigenvalue weighted by Gasteiger charge is -2.22. The van der Waals surface area contributed by atoms with Crippen LogP contribution in [0.1, 0.15) is 34.4 Å². The van der Waals surface area contributed by atoms with E-state index in [-0.39, 0.29) is 16.5 Å². The summed E-state index contributed by atoms with van der Waals surface area (Å²) in [6, 6.07) is 18.3. The zero-order chi connectivity index (χ0) is 28.9. The summed E-state index contributed by atoms with van der Waals surface area (Å²) in [4.78, 5) is 9.45. The number of benzene rings is 2. The maximum atomic E-state index is 14.2. The average Bonchev–Trinajstić information content (AvgIpc) is 3.22. The van der Waals surface area contributed by atoms with E-state index in [1.807, 2.05) is 29.7 Å². The molecule has 0 amide bonds. The Morgan fingerprint density at radius 1 is 1.00 bits per heavy atom. The lowest BCUT2D eigenvalue weighted by atomic mass is 10.1. The molecule has 40 heavy (non-hydrogen) atoms. The number of aromatic nitrogens is 3. The molecule has 4 aromatic rings. The molecule has 0 fully saturated rings. The topological polar surface area (TPSA) is 52.0 Å². The number of thioether (sulfide) groups is 1. The average molecular weight is 601 g/mol. The molecule has 0 radical (unpaired) electrons. The molecule has 10 heteroatoms. The van der Waals surface area contributed by atoms with Crippen molar-refractivity contribution in [2.24, 2.45) is 0 Å². The molecule has 0 saturated carbocycles. The van der Waals surface area contributed by atoms with Gasteiger partial charge in [0.05, 0.1) is 16.4 Å². The number of rotatable bonds is 12. The molecule has 212 valence electrons. The molecule has 0 bridgehead atoms. The second-order valence-electron chi connectivity index (χ2n) is 10.9. The summed E-state index contributed by atoms with van der Waals surface area (Å²) in [7, 11) is -1.27. The molecule has 1 unspecified atom stereocenters. The Balaban J connectivity index is 1.74. The van der Waals surface area contributed by atoms with Crippen LogP contribution in [-0.4, -0.2) is 29.2 Å². The molecule has 1 atom stereocenters. The maximum Gasteiger partial charge on any atom is 0.144 e. The van der Waals surface area contributed by atoms with Crippen LogP contribution in [0.25, 0.3) is 0 Å². The van der Waals surface area contributed by atoms with E-state index in [0.717, 1.165) is 22.5 Å². The van der Waals surface area contributed by atoms with Gasteiger partial charge in [0.15, 0.2) is 0 Å². The van der Waals surface area contributed by atoms with Gasteiger partial charge in [0, 0.05) is 20.4 Å².